The number of carbonyl (C=O) groups is 1. The minimum Gasteiger partial charge on any atom is -0.349 e. The SMILES string of the molecule is C/C=C(/CN1CCC(F)(CNC(=O)c2cc(Cl)cc(Cl)c2)CC1)SC. The molecule has 1 aromatic rings. The van der Waals surface area contributed by atoms with E-state index in [2.05, 4.69) is 22.5 Å². The summed E-state index contributed by atoms with van der Waals surface area (Å²) in [5, 5.41) is 3.44. The van der Waals surface area contributed by atoms with Gasteiger partial charge in [0.15, 0.2) is 0 Å². The molecule has 0 radical (unpaired) electrons. The number of carbonyl (C=O) groups excluding carboxylic acids is 1. The molecule has 1 heterocycles. The quantitative estimate of drug-likeness (QED) is 0.739. The lowest BCUT2D eigenvalue weighted by Gasteiger charge is -2.36. The summed E-state index contributed by atoms with van der Waals surface area (Å²) in [5.74, 6) is -0.359. The fourth-order valence-electron chi connectivity index (χ4n) is 2.81. The Morgan fingerprint density at radius 3 is 2.44 bits per heavy atom. The van der Waals surface area contributed by atoms with Crippen molar-refractivity contribution >= 4 is 40.9 Å². The van der Waals surface area contributed by atoms with Gasteiger partial charge in [0, 0.05) is 35.2 Å². The van der Waals surface area contributed by atoms with Crippen molar-refractivity contribution in [1.82, 2.24) is 10.2 Å². The van der Waals surface area contributed by atoms with Crippen LogP contribution < -0.4 is 5.32 Å². The van der Waals surface area contributed by atoms with Gasteiger partial charge < -0.3 is 5.32 Å². The summed E-state index contributed by atoms with van der Waals surface area (Å²) in [6.07, 6.45) is 4.97. The Morgan fingerprint density at radius 1 is 1.32 bits per heavy atom. The zero-order valence-electron chi connectivity index (χ0n) is 14.4. The number of benzene rings is 1. The first kappa shape index (κ1) is 20.6. The van der Waals surface area contributed by atoms with E-state index < -0.39 is 5.67 Å². The van der Waals surface area contributed by atoms with E-state index in [0.717, 1.165) is 6.54 Å². The smallest absolute Gasteiger partial charge is 0.251 e. The number of nitrogens with zero attached hydrogens (tertiary/aromatic N) is 1. The van der Waals surface area contributed by atoms with Crippen molar-refractivity contribution in [2.75, 3.05) is 32.4 Å². The van der Waals surface area contributed by atoms with E-state index in [1.54, 1.807) is 17.8 Å². The van der Waals surface area contributed by atoms with Gasteiger partial charge in [-0.3, -0.25) is 9.69 Å². The highest BCUT2D eigenvalue weighted by Crippen LogP contribution is 2.27. The molecule has 0 unspecified atom stereocenters. The first-order valence-corrected chi connectivity index (χ1v) is 10.2. The maximum Gasteiger partial charge on any atom is 0.251 e. The number of hydrogen-bond donors (Lipinski definition) is 1. The Morgan fingerprint density at radius 2 is 1.92 bits per heavy atom. The molecular formula is C18H23Cl2FN2OS. The van der Waals surface area contributed by atoms with Crippen molar-refractivity contribution in [3.05, 3.63) is 44.8 Å². The van der Waals surface area contributed by atoms with Gasteiger partial charge in [0.05, 0.1) is 6.54 Å². The molecule has 1 N–H and O–H groups in total. The normalized spacial score (nSPS) is 18.2. The summed E-state index contributed by atoms with van der Waals surface area (Å²) in [7, 11) is 0. The number of alkyl halides is 1. The van der Waals surface area contributed by atoms with E-state index >= 15 is 0 Å². The summed E-state index contributed by atoms with van der Waals surface area (Å²) < 4.78 is 15.0. The van der Waals surface area contributed by atoms with Crippen molar-refractivity contribution in [1.29, 1.82) is 0 Å². The largest absolute Gasteiger partial charge is 0.349 e. The Labute approximate surface area is 162 Å². The zero-order valence-corrected chi connectivity index (χ0v) is 16.8. The van der Waals surface area contributed by atoms with Crippen LogP contribution in [0.4, 0.5) is 4.39 Å². The molecule has 1 aromatic carbocycles. The van der Waals surface area contributed by atoms with Crippen LogP contribution in [-0.2, 0) is 0 Å². The van der Waals surface area contributed by atoms with E-state index in [1.807, 2.05) is 6.92 Å². The van der Waals surface area contributed by atoms with Crippen LogP contribution in [0.2, 0.25) is 10.0 Å². The van der Waals surface area contributed by atoms with Crippen molar-refractivity contribution in [3.8, 4) is 0 Å². The highest BCUT2D eigenvalue weighted by Gasteiger charge is 2.35. The first-order chi connectivity index (χ1) is 11.8. The lowest BCUT2D eigenvalue weighted by atomic mass is 9.93. The molecule has 2 rings (SSSR count). The number of halogens is 3. The number of thioether (sulfide) groups is 1. The second-order valence-electron chi connectivity index (χ2n) is 6.23. The first-order valence-electron chi connectivity index (χ1n) is 8.20. The molecular weight excluding hydrogens is 382 g/mol. The van der Waals surface area contributed by atoms with E-state index in [9.17, 15) is 9.18 Å². The van der Waals surface area contributed by atoms with Crippen LogP contribution in [0.15, 0.2) is 29.2 Å². The minimum atomic E-state index is -1.37. The summed E-state index contributed by atoms with van der Waals surface area (Å²) in [5.41, 5.74) is -1.03. The van der Waals surface area contributed by atoms with E-state index in [-0.39, 0.29) is 12.5 Å². The predicted molar refractivity (Wildman–Crippen MR) is 106 cm³/mol. The monoisotopic (exact) mass is 404 g/mol. The van der Waals surface area contributed by atoms with Gasteiger partial charge in [0.25, 0.3) is 5.91 Å². The van der Waals surface area contributed by atoms with Crippen LogP contribution in [0.3, 0.4) is 0 Å². The van der Waals surface area contributed by atoms with Crippen LogP contribution in [0.1, 0.15) is 30.1 Å². The number of piperidine rings is 1. The van der Waals surface area contributed by atoms with Crippen LogP contribution in [-0.4, -0.2) is 48.9 Å². The molecule has 1 fully saturated rings. The highest BCUT2D eigenvalue weighted by atomic mass is 35.5. The Bertz CT molecular complexity index is 626. The average molecular weight is 405 g/mol. The van der Waals surface area contributed by atoms with Crippen LogP contribution in [0.5, 0.6) is 0 Å². The molecule has 1 aliphatic heterocycles. The van der Waals surface area contributed by atoms with Crippen molar-refractivity contribution in [2.24, 2.45) is 0 Å². The van der Waals surface area contributed by atoms with Gasteiger partial charge in [0.1, 0.15) is 5.67 Å². The second kappa shape index (κ2) is 9.26. The Balaban J connectivity index is 1.86. The summed E-state index contributed by atoms with van der Waals surface area (Å²) in [6.45, 7) is 4.26. The number of nitrogens with one attached hydrogen (secondary N) is 1. The lowest BCUT2D eigenvalue weighted by molar-refractivity contribution is 0.0582. The molecule has 138 valence electrons. The number of amides is 1. The molecule has 0 atom stereocenters. The third-order valence-corrected chi connectivity index (χ3v) is 5.73. The van der Waals surface area contributed by atoms with Crippen LogP contribution in [0.25, 0.3) is 0 Å². The summed E-state index contributed by atoms with van der Waals surface area (Å²) >= 11 is 13.5. The third kappa shape index (κ3) is 6.17. The molecule has 0 spiro atoms. The molecule has 1 saturated heterocycles. The second-order valence-corrected chi connectivity index (χ2v) is 8.03. The minimum absolute atomic E-state index is 0.00279. The number of allylic oxidation sites excluding steroid dienone is 1. The van der Waals surface area contributed by atoms with Gasteiger partial charge in [-0.05, 0) is 49.1 Å². The molecule has 3 nitrogen and oxygen atoms in total. The average Bonchev–Trinajstić information content (AvgIpc) is 2.58. The molecule has 25 heavy (non-hydrogen) atoms. The van der Waals surface area contributed by atoms with Gasteiger partial charge in [0.2, 0.25) is 0 Å². The van der Waals surface area contributed by atoms with Crippen molar-refractivity contribution < 1.29 is 9.18 Å². The maximum atomic E-state index is 15.0. The van der Waals surface area contributed by atoms with E-state index in [1.165, 1.54) is 17.0 Å². The zero-order chi connectivity index (χ0) is 18.4. The highest BCUT2D eigenvalue weighted by molar-refractivity contribution is 8.02. The fraction of sp³-hybridized carbons (Fsp3) is 0.500. The van der Waals surface area contributed by atoms with Crippen LogP contribution in [0, 0.1) is 0 Å². The van der Waals surface area contributed by atoms with Crippen LogP contribution >= 0.6 is 35.0 Å². The molecule has 1 aliphatic rings. The Hall–Kier alpha value is -0.750. The molecule has 0 bridgehead atoms. The van der Waals surface area contributed by atoms with Gasteiger partial charge in [-0.15, -0.1) is 11.8 Å². The molecule has 7 heteroatoms. The van der Waals surface area contributed by atoms with Gasteiger partial charge >= 0.3 is 0 Å². The summed E-state index contributed by atoms with van der Waals surface area (Å²) in [6, 6.07) is 4.61. The van der Waals surface area contributed by atoms with Crippen molar-refractivity contribution in [3.63, 3.8) is 0 Å². The number of hydrogen-bond acceptors (Lipinski definition) is 3. The standard InChI is InChI=1S/C18H23Cl2FN2OS/c1-3-16(25-2)11-23-6-4-18(21,5-7-23)12-22-17(24)13-8-14(19)10-15(20)9-13/h3,8-10H,4-7,11-12H2,1-2H3,(H,22,24)/b16-3-. The molecule has 0 saturated carbocycles. The van der Waals surface area contributed by atoms with Crippen molar-refractivity contribution in [2.45, 2.75) is 25.4 Å². The fourth-order valence-corrected chi connectivity index (χ4v) is 3.88. The van der Waals surface area contributed by atoms with Gasteiger partial charge in [-0.25, -0.2) is 4.39 Å². The summed E-state index contributed by atoms with van der Waals surface area (Å²) in [4.78, 5) is 15.7. The lowest BCUT2D eigenvalue weighted by Crippen LogP contribution is -2.48. The third-order valence-electron chi connectivity index (χ3n) is 4.41. The maximum absolute atomic E-state index is 15.0. The van der Waals surface area contributed by atoms with Gasteiger partial charge in [-0.2, -0.15) is 0 Å². The molecule has 0 aromatic heterocycles. The molecule has 0 aliphatic carbocycles. The Kier molecular flexibility index (Phi) is 7.62. The van der Waals surface area contributed by atoms with Gasteiger partial charge in [-0.1, -0.05) is 29.3 Å². The predicted octanol–water partition coefficient (Wildman–Crippen LogP) is 4.79. The molecule has 1 amide bonds. The number of rotatable bonds is 6. The topological polar surface area (TPSA) is 32.3 Å². The van der Waals surface area contributed by atoms with E-state index in [0.29, 0.717) is 41.5 Å². The number of likely N-dealkylation sites (tertiary alicyclic amines) is 1. The van der Waals surface area contributed by atoms with E-state index in [4.69, 9.17) is 23.2 Å².